The number of carboxylic acids is 1. The van der Waals surface area contributed by atoms with Crippen LogP contribution < -0.4 is 0 Å². The Labute approximate surface area is 112 Å². The van der Waals surface area contributed by atoms with E-state index in [4.69, 9.17) is 5.11 Å². The van der Waals surface area contributed by atoms with Gasteiger partial charge in [-0.1, -0.05) is 25.1 Å². The van der Waals surface area contributed by atoms with Crippen molar-refractivity contribution >= 4 is 15.8 Å². The molecular weight excluding hydrogens is 266 g/mol. The Morgan fingerprint density at radius 1 is 1.42 bits per heavy atom. The van der Waals surface area contributed by atoms with Gasteiger partial charge in [0, 0.05) is 6.04 Å². The van der Waals surface area contributed by atoms with Gasteiger partial charge in [-0.3, -0.25) is 9.69 Å². The number of benzene rings is 1. The maximum atomic E-state index is 12.0. The lowest BCUT2D eigenvalue weighted by Crippen LogP contribution is -2.37. The van der Waals surface area contributed by atoms with E-state index in [1.807, 2.05) is 6.92 Å². The summed E-state index contributed by atoms with van der Waals surface area (Å²) in [5, 5.41) is 8.94. The zero-order chi connectivity index (χ0) is 14.0. The van der Waals surface area contributed by atoms with Crippen molar-refractivity contribution in [3.63, 3.8) is 0 Å². The molecule has 0 radical (unpaired) electrons. The maximum absolute atomic E-state index is 12.0. The lowest BCUT2D eigenvalue weighted by atomic mass is 10.0. The van der Waals surface area contributed by atoms with E-state index in [0.29, 0.717) is 17.9 Å². The number of fused-ring (bicyclic) bond motifs is 1. The third-order valence-electron chi connectivity index (χ3n) is 3.46. The van der Waals surface area contributed by atoms with Crippen LogP contribution in [0.2, 0.25) is 0 Å². The highest BCUT2D eigenvalue weighted by molar-refractivity contribution is 7.91. The van der Waals surface area contributed by atoms with Crippen LogP contribution in [0.3, 0.4) is 0 Å². The van der Waals surface area contributed by atoms with Crippen molar-refractivity contribution in [3.8, 4) is 0 Å². The van der Waals surface area contributed by atoms with Crippen molar-refractivity contribution in [2.24, 2.45) is 0 Å². The highest BCUT2D eigenvalue weighted by Crippen LogP contribution is 2.35. The van der Waals surface area contributed by atoms with Gasteiger partial charge in [-0.15, -0.1) is 0 Å². The van der Waals surface area contributed by atoms with Crippen LogP contribution in [0.4, 0.5) is 0 Å². The van der Waals surface area contributed by atoms with Crippen LogP contribution in [0.5, 0.6) is 0 Å². The molecule has 0 bridgehead atoms. The molecule has 1 aromatic rings. The zero-order valence-electron chi connectivity index (χ0n) is 10.7. The predicted molar refractivity (Wildman–Crippen MR) is 70.7 cm³/mol. The number of carbonyl (C=O) groups is 1. The number of hydrogen-bond donors (Lipinski definition) is 1. The first-order valence-corrected chi connectivity index (χ1v) is 7.88. The molecule has 1 N–H and O–H groups in total. The fourth-order valence-corrected chi connectivity index (χ4v) is 4.17. The van der Waals surface area contributed by atoms with Crippen LogP contribution in [-0.4, -0.2) is 43.2 Å². The lowest BCUT2D eigenvalue weighted by molar-refractivity contribution is -0.138. The third kappa shape index (κ3) is 2.79. The second kappa shape index (κ2) is 5.30. The smallest absolute Gasteiger partial charge is 0.317 e. The average Bonchev–Trinajstić information content (AvgIpc) is 2.37. The Balaban J connectivity index is 2.42. The molecule has 19 heavy (non-hydrogen) atoms. The number of carboxylic acid groups (broad SMARTS) is 1. The second-order valence-electron chi connectivity index (χ2n) is 4.62. The average molecular weight is 283 g/mol. The minimum Gasteiger partial charge on any atom is -0.480 e. The monoisotopic (exact) mass is 283 g/mol. The minimum atomic E-state index is -3.22. The summed E-state index contributed by atoms with van der Waals surface area (Å²) in [4.78, 5) is 13.0. The predicted octanol–water partition coefficient (Wildman–Crippen LogP) is 1.31. The summed E-state index contributed by atoms with van der Waals surface area (Å²) in [5.74, 6) is -0.821. The molecule has 1 unspecified atom stereocenters. The molecule has 0 saturated heterocycles. The summed E-state index contributed by atoms with van der Waals surface area (Å²) < 4.78 is 24.0. The van der Waals surface area contributed by atoms with Gasteiger partial charge in [-0.25, -0.2) is 8.42 Å². The molecule has 1 aliphatic rings. The SMILES string of the molecule is CCN(CC(=O)O)C1CCS(=O)(=O)c2ccccc21. The van der Waals surface area contributed by atoms with E-state index in [0.717, 1.165) is 5.56 Å². The summed E-state index contributed by atoms with van der Waals surface area (Å²) in [5.41, 5.74) is 0.719. The fraction of sp³-hybridized carbons (Fsp3) is 0.462. The Bertz CT molecular complexity index is 582. The summed E-state index contributed by atoms with van der Waals surface area (Å²) in [6, 6.07) is 6.74. The van der Waals surface area contributed by atoms with Crippen LogP contribution in [0.1, 0.15) is 24.9 Å². The van der Waals surface area contributed by atoms with Crippen molar-refractivity contribution in [1.29, 1.82) is 0 Å². The molecule has 1 atom stereocenters. The summed E-state index contributed by atoms with van der Waals surface area (Å²) in [6.07, 6.45) is 0.445. The summed E-state index contributed by atoms with van der Waals surface area (Å²) >= 11 is 0. The molecule has 0 aromatic heterocycles. The molecule has 1 aromatic carbocycles. The van der Waals surface area contributed by atoms with Gasteiger partial charge in [-0.2, -0.15) is 0 Å². The van der Waals surface area contributed by atoms with Gasteiger partial charge in [0.2, 0.25) is 0 Å². The van der Waals surface area contributed by atoms with Crippen LogP contribution in [-0.2, 0) is 14.6 Å². The minimum absolute atomic E-state index is 0.0739. The first kappa shape index (κ1) is 14.0. The van der Waals surface area contributed by atoms with Gasteiger partial charge in [-0.05, 0) is 24.6 Å². The van der Waals surface area contributed by atoms with Crippen LogP contribution in [0, 0.1) is 0 Å². The zero-order valence-corrected chi connectivity index (χ0v) is 11.6. The number of hydrogen-bond acceptors (Lipinski definition) is 4. The standard InChI is InChI=1S/C13H17NO4S/c1-2-14(9-13(15)16)11-7-8-19(17,18)12-6-4-3-5-10(11)12/h3-6,11H,2,7-9H2,1H3,(H,15,16). The van der Waals surface area contributed by atoms with Gasteiger partial charge in [0.15, 0.2) is 9.84 Å². The van der Waals surface area contributed by atoms with Gasteiger partial charge < -0.3 is 5.11 Å². The molecule has 1 heterocycles. The molecule has 1 aliphatic heterocycles. The summed E-state index contributed by atoms with van der Waals surface area (Å²) in [6.45, 7) is 2.38. The van der Waals surface area contributed by atoms with E-state index in [-0.39, 0.29) is 18.3 Å². The topological polar surface area (TPSA) is 74.7 Å². The first-order valence-electron chi connectivity index (χ1n) is 6.23. The summed E-state index contributed by atoms with van der Waals surface area (Å²) in [7, 11) is -3.22. The molecule has 5 nitrogen and oxygen atoms in total. The maximum Gasteiger partial charge on any atom is 0.317 e. The van der Waals surface area contributed by atoms with Crippen molar-refractivity contribution < 1.29 is 18.3 Å². The van der Waals surface area contributed by atoms with Gasteiger partial charge in [0.25, 0.3) is 0 Å². The van der Waals surface area contributed by atoms with E-state index >= 15 is 0 Å². The van der Waals surface area contributed by atoms with Crippen molar-refractivity contribution in [1.82, 2.24) is 4.90 Å². The van der Waals surface area contributed by atoms with Gasteiger partial charge in [0.1, 0.15) is 0 Å². The number of nitrogens with zero attached hydrogens (tertiary/aromatic N) is 1. The molecule has 0 spiro atoms. The number of aliphatic carboxylic acids is 1. The van der Waals surface area contributed by atoms with Crippen molar-refractivity contribution in [2.75, 3.05) is 18.8 Å². The second-order valence-corrected chi connectivity index (χ2v) is 6.70. The van der Waals surface area contributed by atoms with Crippen LogP contribution >= 0.6 is 0 Å². The molecule has 0 aliphatic carbocycles. The molecule has 6 heteroatoms. The quantitative estimate of drug-likeness (QED) is 0.902. The van der Waals surface area contributed by atoms with Gasteiger partial charge >= 0.3 is 5.97 Å². The molecule has 0 amide bonds. The Hall–Kier alpha value is -1.40. The van der Waals surface area contributed by atoms with E-state index in [1.165, 1.54) is 0 Å². The largest absolute Gasteiger partial charge is 0.480 e. The number of sulfone groups is 1. The van der Waals surface area contributed by atoms with Crippen LogP contribution in [0.25, 0.3) is 0 Å². The lowest BCUT2D eigenvalue weighted by Gasteiger charge is -2.33. The Morgan fingerprint density at radius 2 is 2.11 bits per heavy atom. The Morgan fingerprint density at radius 3 is 2.74 bits per heavy atom. The highest BCUT2D eigenvalue weighted by atomic mass is 32.2. The number of rotatable bonds is 4. The molecular formula is C13H17NO4S. The molecule has 104 valence electrons. The van der Waals surface area contributed by atoms with E-state index in [9.17, 15) is 13.2 Å². The van der Waals surface area contributed by atoms with Crippen molar-refractivity contribution in [2.45, 2.75) is 24.3 Å². The van der Waals surface area contributed by atoms with Crippen LogP contribution in [0.15, 0.2) is 29.2 Å². The van der Waals surface area contributed by atoms with Crippen molar-refractivity contribution in [3.05, 3.63) is 29.8 Å². The first-order chi connectivity index (χ1) is 8.95. The number of likely N-dealkylation sites (N-methyl/N-ethyl adjacent to an activating group) is 1. The normalized spacial score (nSPS) is 21.1. The highest BCUT2D eigenvalue weighted by Gasteiger charge is 2.33. The Kier molecular flexibility index (Phi) is 3.91. The van der Waals surface area contributed by atoms with E-state index < -0.39 is 15.8 Å². The molecule has 0 saturated carbocycles. The fourth-order valence-electron chi connectivity index (χ4n) is 2.57. The molecule has 2 rings (SSSR count). The van der Waals surface area contributed by atoms with Gasteiger partial charge in [0.05, 0.1) is 17.2 Å². The van der Waals surface area contributed by atoms with E-state index in [2.05, 4.69) is 0 Å². The van der Waals surface area contributed by atoms with E-state index in [1.54, 1.807) is 29.2 Å². The third-order valence-corrected chi connectivity index (χ3v) is 5.27. The molecule has 0 fully saturated rings.